The molecule has 0 saturated carbocycles. The van der Waals surface area contributed by atoms with Gasteiger partial charge in [-0.15, -0.1) is 11.3 Å². The van der Waals surface area contributed by atoms with Gasteiger partial charge in [0.25, 0.3) is 10.0 Å². The lowest BCUT2D eigenvalue weighted by Crippen LogP contribution is -2.13. The van der Waals surface area contributed by atoms with E-state index in [0.29, 0.717) is 12.6 Å². The lowest BCUT2D eigenvalue weighted by atomic mass is 10.4. The fraction of sp³-hybridized carbons (Fsp3) is 0. The van der Waals surface area contributed by atoms with Crippen LogP contribution in [0.5, 0.6) is 0 Å². The third kappa shape index (κ3) is 3.05. The molecule has 0 aliphatic heterocycles. The van der Waals surface area contributed by atoms with Gasteiger partial charge in [-0.25, -0.2) is 8.42 Å². The molecule has 0 aliphatic carbocycles. The second-order valence-electron chi connectivity index (χ2n) is 3.15. The van der Waals surface area contributed by atoms with E-state index in [-0.39, 0.29) is 10.6 Å². The summed E-state index contributed by atoms with van der Waals surface area (Å²) in [5.41, 5.74) is 0.244. The van der Waals surface area contributed by atoms with Gasteiger partial charge < -0.3 is 0 Å². The minimum atomic E-state index is -3.69. The maximum Gasteiger partial charge on any atom is 0.264 e. The molecule has 2 aromatic rings. The van der Waals surface area contributed by atoms with E-state index in [1.807, 2.05) is 0 Å². The molecular weight excluding hydrogens is 428 g/mol. The number of nitrogens with zero attached hydrogens (tertiary/aromatic N) is 1. The molecular formula is C9H5Br2ClN2O2S2. The zero-order valence-electron chi connectivity index (χ0n) is 8.52. The summed E-state index contributed by atoms with van der Waals surface area (Å²) in [6, 6.07) is 3.03. The van der Waals surface area contributed by atoms with Crippen LogP contribution in [0.1, 0.15) is 0 Å². The van der Waals surface area contributed by atoms with Crippen molar-refractivity contribution in [3.8, 4) is 0 Å². The smallest absolute Gasteiger partial charge is 0.264 e. The van der Waals surface area contributed by atoms with Gasteiger partial charge in [0.1, 0.15) is 4.90 Å². The average molecular weight is 433 g/mol. The lowest BCUT2D eigenvalue weighted by Gasteiger charge is -2.07. The predicted molar refractivity (Wildman–Crippen MR) is 79.8 cm³/mol. The normalized spacial score (nSPS) is 11.5. The van der Waals surface area contributed by atoms with Gasteiger partial charge in [0.15, 0.2) is 0 Å². The van der Waals surface area contributed by atoms with Crippen LogP contribution >= 0.6 is 54.8 Å². The molecule has 0 aromatic carbocycles. The highest BCUT2D eigenvalue weighted by atomic mass is 79.9. The first-order valence-electron chi connectivity index (χ1n) is 4.47. The first-order valence-corrected chi connectivity index (χ1v) is 8.73. The first-order chi connectivity index (χ1) is 8.40. The molecule has 2 rings (SSSR count). The zero-order chi connectivity index (χ0) is 13.3. The van der Waals surface area contributed by atoms with E-state index in [1.54, 1.807) is 0 Å². The molecule has 0 aliphatic rings. The van der Waals surface area contributed by atoms with E-state index in [2.05, 4.69) is 41.6 Å². The number of anilines is 1. The van der Waals surface area contributed by atoms with Gasteiger partial charge in [-0.1, -0.05) is 11.6 Å². The molecule has 0 bridgehead atoms. The van der Waals surface area contributed by atoms with Crippen LogP contribution in [0, 0.1) is 0 Å². The minimum absolute atomic E-state index is 0.152. The standard InChI is InChI=1S/C9H5Br2ClN2O2S2/c10-8-3-7(9(11)17-8)18(15,16)14-6-4-13-2-1-5(6)12/h1-4,14H. The van der Waals surface area contributed by atoms with Gasteiger partial charge in [0.2, 0.25) is 0 Å². The van der Waals surface area contributed by atoms with E-state index in [0.717, 1.165) is 0 Å². The van der Waals surface area contributed by atoms with E-state index < -0.39 is 10.0 Å². The predicted octanol–water partition coefficient (Wildman–Crippen LogP) is 4.12. The summed E-state index contributed by atoms with van der Waals surface area (Å²) >= 11 is 13.6. The van der Waals surface area contributed by atoms with Crippen molar-refractivity contribution >= 4 is 70.5 Å². The Kier molecular flexibility index (Phi) is 4.32. The Morgan fingerprint density at radius 2 is 2.11 bits per heavy atom. The number of sulfonamides is 1. The Labute approximate surface area is 130 Å². The fourth-order valence-electron chi connectivity index (χ4n) is 1.16. The summed E-state index contributed by atoms with van der Waals surface area (Å²) in [6.07, 6.45) is 2.84. The van der Waals surface area contributed by atoms with Crippen LogP contribution in [0.2, 0.25) is 5.02 Å². The topological polar surface area (TPSA) is 59.1 Å². The largest absolute Gasteiger partial charge is 0.276 e. The fourth-order valence-corrected chi connectivity index (χ4v) is 6.25. The van der Waals surface area contributed by atoms with Crippen LogP contribution in [0.15, 0.2) is 37.0 Å². The molecule has 2 heterocycles. The van der Waals surface area contributed by atoms with Crippen LogP contribution in [0.4, 0.5) is 5.69 Å². The number of nitrogens with one attached hydrogen (secondary N) is 1. The van der Waals surface area contributed by atoms with Gasteiger partial charge in [-0.2, -0.15) is 0 Å². The Balaban J connectivity index is 2.40. The van der Waals surface area contributed by atoms with Crippen molar-refractivity contribution in [3.05, 3.63) is 37.1 Å². The van der Waals surface area contributed by atoms with Crippen LogP contribution in [-0.4, -0.2) is 13.4 Å². The molecule has 2 aromatic heterocycles. The third-order valence-corrected chi connectivity index (χ3v) is 6.38. The monoisotopic (exact) mass is 430 g/mol. The number of hydrogen-bond acceptors (Lipinski definition) is 4. The highest BCUT2D eigenvalue weighted by Gasteiger charge is 2.21. The van der Waals surface area contributed by atoms with Crippen LogP contribution in [-0.2, 0) is 10.0 Å². The van der Waals surface area contributed by atoms with Crippen molar-refractivity contribution in [2.24, 2.45) is 0 Å². The molecule has 0 atom stereocenters. The molecule has 1 N–H and O–H groups in total. The maximum absolute atomic E-state index is 12.1. The van der Waals surface area contributed by atoms with Gasteiger partial charge in [0.05, 0.1) is 24.5 Å². The number of aromatic nitrogens is 1. The van der Waals surface area contributed by atoms with Crippen molar-refractivity contribution < 1.29 is 8.42 Å². The summed E-state index contributed by atoms with van der Waals surface area (Å²) in [4.78, 5) is 3.97. The van der Waals surface area contributed by atoms with Crippen LogP contribution < -0.4 is 4.72 Å². The van der Waals surface area contributed by atoms with E-state index >= 15 is 0 Å². The number of halogens is 3. The second kappa shape index (κ2) is 5.46. The maximum atomic E-state index is 12.1. The van der Waals surface area contributed by atoms with E-state index in [1.165, 1.54) is 35.9 Å². The molecule has 0 amide bonds. The summed E-state index contributed by atoms with van der Waals surface area (Å²) in [6.45, 7) is 0. The summed E-state index contributed by atoms with van der Waals surface area (Å²) in [5.74, 6) is 0. The van der Waals surface area contributed by atoms with Gasteiger partial charge in [-0.05, 0) is 44.0 Å². The Bertz CT molecular complexity index is 688. The minimum Gasteiger partial charge on any atom is -0.276 e. The van der Waals surface area contributed by atoms with Crippen molar-refractivity contribution in [1.29, 1.82) is 0 Å². The molecule has 0 unspecified atom stereocenters. The van der Waals surface area contributed by atoms with Crippen molar-refractivity contribution in [3.63, 3.8) is 0 Å². The third-order valence-electron chi connectivity index (χ3n) is 1.93. The summed E-state index contributed by atoms with van der Waals surface area (Å²) in [5, 5.41) is 0.291. The number of rotatable bonds is 3. The average Bonchev–Trinajstić information content (AvgIpc) is 2.62. The molecule has 18 heavy (non-hydrogen) atoms. The quantitative estimate of drug-likeness (QED) is 0.794. The lowest BCUT2D eigenvalue weighted by molar-refractivity contribution is 0.601. The van der Waals surface area contributed by atoms with Gasteiger partial charge >= 0.3 is 0 Å². The molecule has 4 nitrogen and oxygen atoms in total. The number of pyridine rings is 1. The first kappa shape index (κ1) is 14.3. The highest BCUT2D eigenvalue weighted by Crippen LogP contribution is 2.36. The van der Waals surface area contributed by atoms with Crippen molar-refractivity contribution in [1.82, 2.24) is 4.98 Å². The zero-order valence-corrected chi connectivity index (χ0v) is 14.1. The number of hydrogen-bond donors (Lipinski definition) is 1. The molecule has 0 spiro atoms. The Morgan fingerprint density at radius 1 is 1.39 bits per heavy atom. The van der Waals surface area contributed by atoms with Crippen LogP contribution in [0.3, 0.4) is 0 Å². The van der Waals surface area contributed by atoms with Crippen molar-refractivity contribution in [2.45, 2.75) is 4.90 Å². The Hall–Kier alpha value is -0.150. The summed E-state index contributed by atoms with van der Waals surface area (Å²) in [7, 11) is -3.69. The molecule has 0 fully saturated rings. The SMILES string of the molecule is O=S(=O)(Nc1cnccc1Cl)c1cc(Br)sc1Br. The molecule has 96 valence electrons. The molecule has 9 heteroatoms. The van der Waals surface area contributed by atoms with Gasteiger partial charge in [0, 0.05) is 6.20 Å². The highest BCUT2D eigenvalue weighted by molar-refractivity contribution is 9.12. The van der Waals surface area contributed by atoms with E-state index in [4.69, 9.17) is 11.6 Å². The van der Waals surface area contributed by atoms with Crippen LogP contribution in [0.25, 0.3) is 0 Å². The van der Waals surface area contributed by atoms with Crippen molar-refractivity contribution in [2.75, 3.05) is 4.72 Å². The Morgan fingerprint density at radius 3 is 2.67 bits per heavy atom. The summed E-state index contributed by atoms with van der Waals surface area (Å²) < 4.78 is 27.9. The van der Waals surface area contributed by atoms with Gasteiger partial charge in [-0.3, -0.25) is 9.71 Å². The number of thiophene rings is 1. The van der Waals surface area contributed by atoms with E-state index in [9.17, 15) is 8.42 Å². The second-order valence-corrected chi connectivity index (χ2v) is 8.96. The molecule has 0 radical (unpaired) electrons. The molecule has 0 saturated heterocycles.